The smallest absolute Gasteiger partial charge is 0.225 e. The van der Waals surface area contributed by atoms with Gasteiger partial charge in [-0.25, -0.2) is 0 Å². The number of hydrogen-bond donors (Lipinski definition) is 0. The van der Waals surface area contributed by atoms with Crippen LogP contribution in [0.2, 0.25) is 0 Å². The van der Waals surface area contributed by atoms with E-state index in [-0.39, 0.29) is 17.9 Å². The van der Waals surface area contributed by atoms with Crippen LogP contribution in [-0.4, -0.2) is 34.7 Å². The molecule has 0 N–H and O–H groups in total. The van der Waals surface area contributed by atoms with Crippen molar-refractivity contribution in [1.82, 2.24) is 9.80 Å². The van der Waals surface area contributed by atoms with Gasteiger partial charge < -0.3 is 9.80 Å². The van der Waals surface area contributed by atoms with Crippen molar-refractivity contribution in [2.75, 3.05) is 13.1 Å². The van der Waals surface area contributed by atoms with Crippen molar-refractivity contribution in [3.8, 4) is 0 Å². The summed E-state index contributed by atoms with van der Waals surface area (Å²) >= 11 is 0. The summed E-state index contributed by atoms with van der Waals surface area (Å²) in [6, 6.07) is 7.77. The standard InChI is InChI=1S/C16H18N2O2/c1-12(19)18-10-7-13-5-2-3-6-14(13)15(18)11-16(20)17-8-4-9-17/h2-3,5-7,10,15H,4,8-9,11H2,1H3. The number of amides is 2. The number of fused-ring (bicyclic) bond motifs is 1. The van der Waals surface area contributed by atoms with E-state index in [1.54, 1.807) is 18.0 Å². The highest BCUT2D eigenvalue weighted by Crippen LogP contribution is 2.33. The fourth-order valence-corrected chi connectivity index (χ4v) is 2.77. The summed E-state index contributed by atoms with van der Waals surface area (Å²) in [5.74, 6) is 0.106. The first kappa shape index (κ1) is 12.9. The van der Waals surface area contributed by atoms with Gasteiger partial charge in [0.25, 0.3) is 0 Å². The summed E-state index contributed by atoms with van der Waals surface area (Å²) in [6.07, 6.45) is 5.17. The predicted molar refractivity (Wildman–Crippen MR) is 76.6 cm³/mol. The van der Waals surface area contributed by atoms with Gasteiger partial charge in [-0.3, -0.25) is 9.59 Å². The molecule has 2 aliphatic rings. The topological polar surface area (TPSA) is 40.6 Å². The highest BCUT2D eigenvalue weighted by molar-refractivity contribution is 5.82. The van der Waals surface area contributed by atoms with E-state index in [1.165, 1.54) is 0 Å². The van der Waals surface area contributed by atoms with Crippen molar-refractivity contribution in [2.45, 2.75) is 25.8 Å². The molecular weight excluding hydrogens is 252 g/mol. The fraction of sp³-hybridized carbons (Fsp3) is 0.375. The van der Waals surface area contributed by atoms with E-state index < -0.39 is 0 Å². The van der Waals surface area contributed by atoms with Gasteiger partial charge in [-0.05, 0) is 23.6 Å². The number of carbonyl (C=O) groups is 2. The van der Waals surface area contributed by atoms with Gasteiger partial charge >= 0.3 is 0 Å². The lowest BCUT2D eigenvalue weighted by Gasteiger charge is -2.36. The molecule has 2 amide bonds. The first-order chi connectivity index (χ1) is 9.66. The van der Waals surface area contributed by atoms with E-state index in [9.17, 15) is 9.59 Å². The van der Waals surface area contributed by atoms with Crippen LogP contribution >= 0.6 is 0 Å². The molecule has 2 aliphatic heterocycles. The Kier molecular flexibility index (Phi) is 3.30. The van der Waals surface area contributed by atoms with Crippen LogP contribution in [0.1, 0.15) is 36.9 Å². The monoisotopic (exact) mass is 270 g/mol. The molecule has 20 heavy (non-hydrogen) atoms. The molecule has 1 unspecified atom stereocenters. The van der Waals surface area contributed by atoms with Crippen molar-refractivity contribution in [3.63, 3.8) is 0 Å². The van der Waals surface area contributed by atoms with E-state index in [1.807, 2.05) is 35.2 Å². The van der Waals surface area contributed by atoms with Gasteiger partial charge in [-0.1, -0.05) is 24.3 Å². The third-order valence-electron chi connectivity index (χ3n) is 4.05. The quantitative estimate of drug-likeness (QED) is 0.826. The highest BCUT2D eigenvalue weighted by atomic mass is 16.2. The number of carbonyl (C=O) groups excluding carboxylic acids is 2. The molecule has 1 atom stereocenters. The minimum absolute atomic E-state index is 0.0304. The van der Waals surface area contributed by atoms with Gasteiger partial charge in [0.1, 0.15) is 0 Å². The Bertz CT molecular complexity index is 576. The zero-order valence-corrected chi connectivity index (χ0v) is 11.6. The maximum absolute atomic E-state index is 12.2. The van der Waals surface area contributed by atoms with Gasteiger partial charge in [-0.15, -0.1) is 0 Å². The summed E-state index contributed by atoms with van der Waals surface area (Å²) < 4.78 is 0. The Balaban J connectivity index is 1.88. The van der Waals surface area contributed by atoms with Crippen molar-refractivity contribution in [2.24, 2.45) is 0 Å². The second kappa shape index (κ2) is 5.12. The Morgan fingerprint density at radius 3 is 2.65 bits per heavy atom. The van der Waals surface area contributed by atoms with E-state index in [0.29, 0.717) is 6.42 Å². The van der Waals surface area contributed by atoms with Gasteiger partial charge in [0, 0.05) is 26.2 Å². The molecular formula is C16H18N2O2. The van der Waals surface area contributed by atoms with E-state index >= 15 is 0 Å². The average Bonchev–Trinajstić information content (AvgIpc) is 2.36. The Morgan fingerprint density at radius 1 is 1.25 bits per heavy atom. The summed E-state index contributed by atoms with van der Waals surface area (Å²) in [6.45, 7) is 3.24. The van der Waals surface area contributed by atoms with Crippen LogP contribution in [0.5, 0.6) is 0 Å². The molecule has 0 radical (unpaired) electrons. The van der Waals surface area contributed by atoms with Gasteiger partial charge in [-0.2, -0.15) is 0 Å². The molecule has 104 valence electrons. The molecule has 0 bridgehead atoms. The summed E-state index contributed by atoms with van der Waals surface area (Å²) in [4.78, 5) is 27.6. The summed E-state index contributed by atoms with van der Waals surface area (Å²) in [7, 11) is 0. The second-order valence-electron chi connectivity index (χ2n) is 5.33. The molecule has 0 saturated carbocycles. The first-order valence-electron chi connectivity index (χ1n) is 7.00. The van der Waals surface area contributed by atoms with Crippen LogP contribution < -0.4 is 0 Å². The SMILES string of the molecule is CC(=O)N1C=Cc2ccccc2C1CC(=O)N1CCC1. The predicted octanol–water partition coefficient (Wildman–Crippen LogP) is 2.18. The molecule has 2 heterocycles. The van der Waals surface area contributed by atoms with Crippen LogP contribution in [0.25, 0.3) is 6.08 Å². The average molecular weight is 270 g/mol. The lowest BCUT2D eigenvalue weighted by molar-refractivity contribution is -0.137. The van der Waals surface area contributed by atoms with Crippen LogP contribution in [-0.2, 0) is 9.59 Å². The normalized spacial score (nSPS) is 20.4. The van der Waals surface area contributed by atoms with Gasteiger partial charge in [0.2, 0.25) is 11.8 Å². The van der Waals surface area contributed by atoms with Crippen LogP contribution in [0, 0.1) is 0 Å². The van der Waals surface area contributed by atoms with Gasteiger partial charge in [0.05, 0.1) is 12.5 Å². The molecule has 4 nitrogen and oxygen atoms in total. The highest BCUT2D eigenvalue weighted by Gasteiger charge is 2.31. The molecule has 1 aromatic carbocycles. The Morgan fingerprint density at radius 2 is 2.00 bits per heavy atom. The largest absolute Gasteiger partial charge is 0.342 e. The number of rotatable bonds is 2. The number of nitrogens with zero attached hydrogens (tertiary/aromatic N) is 2. The zero-order valence-electron chi connectivity index (χ0n) is 11.6. The fourth-order valence-electron chi connectivity index (χ4n) is 2.77. The lowest BCUT2D eigenvalue weighted by Crippen LogP contribution is -2.44. The lowest BCUT2D eigenvalue weighted by atomic mass is 9.93. The number of likely N-dealkylation sites (tertiary alicyclic amines) is 1. The van der Waals surface area contributed by atoms with Crippen LogP contribution in [0.15, 0.2) is 30.5 Å². The minimum Gasteiger partial charge on any atom is -0.342 e. The van der Waals surface area contributed by atoms with Crippen LogP contribution in [0.3, 0.4) is 0 Å². The van der Waals surface area contributed by atoms with Crippen molar-refractivity contribution < 1.29 is 9.59 Å². The van der Waals surface area contributed by atoms with Crippen molar-refractivity contribution in [1.29, 1.82) is 0 Å². The zero-order chi connectivity index (χ0) is 14.1. The van der Waals surface area contributed by atoms with E-state index in [2.05, 4.69) is 0 Å². The Labute approximate surface area is 118 Å². The molecule has 4 heteroatoms. The maximum atomic E-state index is 12.2. The third kappa shape index (κ3) is 2.22. The van der Waals surface area contributed by atoms with Crippen molar-refractivity contribution >= 4 is 17.9 Å². The van der Waals surface area contributed by atoms with Crippen molar-refractivity contribution in [3.05, 3.63) is 41.6 Å². The molecule has 0 spiro atoms. The molecule has 1 fully saturated rings. The number of benzene rings is 1. The molecule has 1 aromatic rings. The molecule has 1 saturated heterocycles. The van der Waals surface area contributed by atoms with Gasteiger partial charge in [0.15, 0.2) is 0 Å². The summed E-state index contributed by atoms with van der Waals surface area (Å²) in [5, 5.41) is 0. The maximum Gasteiger partial charge on any atom is 0.225 e. The summed E-state index contributed by atoms with van der Waals surface area (Å²) in [5.41, 5.74) is 2.14. The van der Waals surface area contributed by atoms with E-state index in [0.717, 1.165) is 30.6 Å². The van der Waals surface area contributed by atoms with Crippen LogP contribution in [0.4, 0.5) is 0 Å². The minimum atomic E-state index is -0.179. The Hall–Kier alpha value is -2.10. The molecule has 0 aromatic heterocycles. The van der Waals surface area contributed by atoms with E-state index in [4.69, 9.17) is 0 Å². The third-order valence-corrected chi connectivity index (χ3v) is 4.05. The molecule has 0 aliphatic carbocycles. The second-order valence-corrected chi connectivity index (χ2v) is 5.33. The first-order valence-corrected chi connectivity index (χ1v) is 7.00. The number of hydrogen-bond acceptors (Lipinski definition) is 2. The molecule has 3 rings (SSSR count).